The van der Waals surface area contributed by atoms with Gasteiger partial charge in [-0.3, -0.25) is 4.99 Å². The molecule has 0 aromatic heterocycles. The Morgan fingerprint density at radius 3 is 2.94 bits per heavy atom. The molecular formula is C12H16BrNO2. The quantitative estimate of drug-likeness (QED) is 0.795. The van der Waals surface area contributed by atoms with E-state index >= 15 is 0 Å². The Labute approximate surface area is 104 Å². The number of ether oxygens (including phenoxy) is 2. The van der Waals surface area contributed by atoms with Crippen LogP contribution in [0.3, 0.4) is 0 Å². The van der Waals surface area contributed by atoms with Crippen molar-refractivity contribution in [3.63, 3.8) is 0 Å². The van der Waals surface area contributed by atoms with Gasteiger partial charge in [-0.25, -0.2) is 0 Å². The normalized spacial score (nSPS) is 23.2. The summed E-state index contributed by atoms with van der Waals surface area (Å²) >= 11 is 3.44. The van der Waals surface area contributed by atoms with E-state index in [9.17, 15) is 0 Å². The molecule has 1 saturated heterocycles. The van der Waals surface area contributed by atoms with Crippen molar-refractivity contribution in [1.82, 2.24) is 0 Å². The van der Waals surface area contributed by atoms with Crippen molar-refractivity contribution in [2.24, 2.45) is 10.4 Å². The van der Waals surface area contributed by atoms with Crippen LogP contribution >= 0.6 is 15.9 Å². The number of rotatable bonds is 4. The number of aliphatic imine (C=N–C) groups is 1. The highest BCUT2D eigenvalue weighted by Crippen LogP contribution is 2.34. The third-order valence-electron chi connectivity index (χ3n) is 3.11. The Morgan fingerprint density at radius 1 is 1.62 bits per heavy atom. The van der Waals surface area contributed by atoms with Gasteiger partial charge in [0, 0.05) is 18.3 Å². The molecule has 0 amide bonds. The first-order valence-electron chi connectivity index (χ1n) is 5.46. The third-order valence-corrected chi connectivity index (χ3v) is 3.76. The van der Waals surface area contributed by atoms with E-state index in [0.717, 1.165) is 42.2 Å². The van der Waals surface area contributed by atoms with Crippen LogP contribution in [0.5, 0.6) is 0 Å². The molecule has 16 heavy (non-hydrogen) atoms. The SMILES string of the molecule is C=C1CC(OCC2(CC)COC2)=C(Br)C=N1. The summed E-state index contributed by atoms with van der Waals surface area (Å²) in [4.78, 5) is 4.13. The standard InChI is InChI=1S/C12H16BrNO2/c1-3-12(6-15-7-12)8-16-11-4-9(2)14-5-10(11)13/h5H,2-4,6-8H2,1H3. The predicted molar refractivity (Wildman–Crippen MR) is 67.7 cm³/mol. The van der Waals surface area contributed by atoms with Crippen molar-refractivity contribution in [3.05, 3.63) is 22.5 Å². The van der Waals surface area contributed by atoms with Crippen molar-refractivity contribution in [3.8, 4) is 0 Å². The molecule has 2 rings (SSSR count). The van der Waals surface area contributed by atoms with Crippen LogP contribution in [-0.2, 0) is 9.47 Å². The van der Waals surface area contributed by atoms with Gasteiger partial charge in [0.2, 0.25) is 0 Å². The van der Waals surface area contributed by atoms with Crippen molar-refractivity contribution < 1.29 is 9.47 Å². The highest BCUT2D eigenvalue weighted by atomic mass is 79.9. The topological polar surface area (TPSA) is 30.8 Å². The molecule has 0 unspecified atom stereocenters. The van der Waals surface area contributed by atoms with Crippen LogP contribution in [-0.4, -0.2) is 26.0 Å². The highest BCUT2D eigenvalue weighted by Gasteiger charge is 2.38. The monoisotopic (exact) mass is 285 g/mol. The van der Waals surface area contributed by atoms with Crippen LogP contribution in [0.15, 0.2) is 27.5 Å². The number of hydrogen-bond acceptors (Lipinski definition) is 3. The molecule has 0 saturated carbocycles. The van der Waals surface area contributed by atoms with Gasteiger partial charge in [0.05, 0.1) is 29.7 Å². The maximum absolute atomic E-state index is 5.86. The zero-order valence-corrected chi connectivity index (χ0v) is 11.0. The van der Waals surface area contributed by atoms with Gasteiger partial charge in [-0.15, -0.1) is 0 Å². The molecule has 0 aromatic carbocycles. The zero-order chi connectivity index (χ0) is 11.6. The summed E-state index contributed by atoms with van der Waals surface area (Å²) in [6.07, 6.45) is 3.53. The average molecular weight is 286 g/mol. The molecule has 0 radical (unpaired) electrons. The maximum Gasteiger partial charge on any atom is 0.118 e. The first kappa shape index (κ1) is 11.9. The van der Waals surface area contributed by atoms with E-state index in [1.54, 1.807) is 6.21 Å². The molecule has 1 fully saturated rings. The van der Waals surface area contributed by atoms with E-state index in [2.05, 4.69) is 34.4 Å². The van der Waals surface area contributed by atoms with Crippen molar-refractivity contribution >= 4 is 22.1 Å². The van der Waals surface area contributed by atoms with Crippen LogP contribution < -0.4 is 0 Å². The Kier molecular flexibility index (Phi) is 3.50. The maximum atomic E-state index is 5.86. The summed E-state index contributed by atoms with van der Waals surface area (Å²) in [6, 6.07) is 0. The van der Waals surface area contributed by atoms with Gasteiger partial charge in [-0.2, -0.15) is 0 Å². The Balaban J connectivity index is 1.94. The van der Waals surface area contributed by atoms with E-state index < -0.39 is 0 Å². The molecule has 3 nitrogen and oxygen atoms in total. The molecule has 4 heteroatoms. The average Bonchev–Trinajstić information content (AvgIpc) is 2.22. The lowest BCUT2D eigenvalue weighted by Crippen LogP contribution is -2.45. The molecule has 88 valence electrons. The van der Waals surface area contributed by atoms with Gasteiger partial charge in [0.15, 0.2) is 0 Å². The van der Waals surface area contributed by atoms with E-state index in [1.807, 2.05) is 0 Å². The molecule has 0 aliphatic carbocycles. The van der Waals surface area contributed by atoms with Crippen LogP contribution in [0.25, 0.3) is 0 Å². The lowest BCUT2D eigenvalue weighted by atomic mass is 9.84. The Bertz CT molecular complexity index is 351. The molecule has 0 N–H and O–H groups in total. The molecule has 2 aliphatic heterocycles. The first-order chi connectivity index (χ1) is 7.65. The summed E-state index contributed by atoms with van der Waals surface area (Å²) < 4.78 is 12.1. The smallest absolute Gasteiger partial charge is 0.118 e. The molecule has 2 heterocycles. The van der Waals surface area contributed by atoms with Crippen molar-refractivity contribution in [2.45, 2.75) is 19.8 Å². The molecular weight excluding hydrogens is 270 g/mol. The fourth-order valence-corrected chi connectivity index (χ4v) is 2.03. The van der Waals surface area contributed by atoms with Gasteiger partial charge in [-0.1, -0.05) is 13.5 Å². The molecule has 0 aromatic rings. The van der Waals surface area contributed by atoms with Gasteiger partial charge < -0.3 is 9.47 Å². The van der Waals surface area contributed by atoms with Crippen LogP contribution in [0.2, 0.25) is 0 Å². The van der Waals surface area contributed by atoms with Crippen molar-refractivity contribution in [2.75, 3.05) is 19.8 Å². The fourth-order valence-electron chi connectivity index (χ4n) is 1.68. The van der Waals surface area contributed by atoms with Crippen LogP contribution in [0.1, 0.15) is 19.8 Å². The lowest BCUT2D eigenvalue weighted by molar-refractivity contribution is -0.142. The lowest BCUT2D eigenvalue weighted by Gasteiger charge is -2.40. The zero-order valence-electron chi connectivity index (χ0n) is 9.46. The summed E-state index contributed by atoms with van der Waals surface area (Å²) in [5.74, 6) is 0.930. The number of allylic oxidation sites excluding steroid dienone is 1. The summed E-state index contributed by atoms with van der Waals surface area (Å²) in [7, 11) is 0. The second-order valence-corrected chi connectivity index (χ2v) is 5.26. The summed E-state index contributed by atoms with van der Waals surface area (Å²) in [6.45, 7) is 8.35. The highest BCUT2D eigenvalue weighted by molar-refractivity contribution is 9.12. The van der Waals surface area contributed by atoms with E-state index in [-0.39, 0.29) is 5.41 Å². The molecule has 2 aliphatic rings. The van der Waals surface area contributed by atoms with E-state index in [4.69, 9.17) is 9.47 Å². The van der Waals surface area contributed by atoms with Gasteiger partial charge in [0.1, 0.15) is 5.76 Å². The molecule has 0 atom stereocenters. The Hall–Kier alpha value is -0.610. The van der Waals surface area contributed by atoms with E-state index in [1.165, 1.54) is 0 Å². The van der Waals surface area contributed by atoms with E-state index in [0.29, 0.717) is 6.42 Å². The van der Waals surface area contributed by atoms with Crippen LogP contribution in [0, 0.1) is 5.41 Å². The second-order valence-electron chi connectivity index (χ2n) is 4.41. The second kappa shape index (κ2) is 4.72. The first-order valence-corrected chi connectivity index (χ1v) is 6.25. The van der Waals surface area contributed by atoms with Gasteiger partial charge >= 0.3 is 0 Å². The fraction of sp³-hybridized carbons (Fsp3) is 0.583. The molecule has 0 bridgehead atoms. The minimum absolute atomic E-state index is 0.218. The number of hydrogen-bond donors (Lipinski definition) is 0. The van der Waals surface area contributed by atoms with Gasteiger partial charge in [0.25, 0.3) is 0 Å². The predicted octanol–water partition coefficient (Wildman–Crippen LogP) is 3.02. The minimum atomic E-state index is 0.218. The van der Waals surface area contributed by atoms with Crippen molar-refractivity contribution in [1.29, 1.82) is 0 Å². The third kappa shape index (κ3) is 2.38. The largest absolute Gasteiger partial charge is 0.496 e. The Morgan fingerprint density at radius 2 is 2.38 bits per heavy atom. The summed E-state index contributed by atoms with van der Waals surface area (Å²) in [5.41, 5.74) is 1.06. The summed E-state index contributed by atoms with van der Waals surface area (Å²) in [5, 5.41) is 0. The number of dihydropyridines is 1. The molecule has 0 spiro atoms. The number of halogens is 1. The van der Waals surface area contributed by atoms with Gasteiger partial charge in [-0.05, 0) is 22.4 Å². The minimum Gasteiger partial charge on any atom is -0.496 e. The van der Waals surface area contributed by atoms with Crippen LogP contribution in [0.4, 0.5) is 0 Å². The number of nitrogens with zero attached hydrogens (tertiary/aromatic N) is 1.